The molecule has 3 atom stereocenters. The summed E-state index contributed by atoms with van der Waals surface area (Å²) in [6.45, 7) is 0.181. The number of hydrogen-bond acceptors (Lipinski definition) is 5. The number of thiazole rings is 1. The summed E-state index contributed by atoms with van der Waals surface area (Å²) in [6, 6.07) is 3.08. The third kappa shape index (κ3) is 3.80. The van der Waals surface area contributed by atoms with Crippen LogP contribution in [-0.2, 0) is 6.42 Å². The Morgan fingerprint density at radius 1 is 1.30 bits per heavy atom. The predicted octanol–water partition coefficient (Wildman–Crippen LogP) is 3.48. The fraction of sp³-hybridized carbons (Fsp3) is 0.368. The molecule has 27 heavy (non-hydrogen) atoms. The van der Waals surface area contributed by atoms with Crippen LogP contribution in [0.3, 0.4) is 0 Å². The molecule has 3 N–H and O–H groups in total. The molecule has 1 amide bonds. The van der Waals surface area contributed by atoms with Gasteiger partial charge in [0.1, 0.15) is 11.6 Å². The number of carbonyl (C=O) groups is 1. The number of carbonyl (C=O) groups excluding carboxylic acids is 1. The average molecular weight is 391 g/mol. The molecule has 1 aromatic carbocycles. The quantitative estimate of drug-likeness (QED) is 0.659. The highest BCUT2D eigenvalue weighted by Gasteiger charge is 2.36. The van der Waals surface area contributed by atoms with Gasteiger partial charge in [0.2, 0.25) is 5.88 Å². The molecule has 2 aromatic rings. The number of nitrogens with zero attached hydrogens (tertiary/aromatic N) is 1. The fourth-order valence-electron chi connectivity index (χ4n) is 3.73. The molecular formula is C19H19F2N3O2S. The lowest BCUT2D eigenvalue weighted by molar-refractivity contribution is 0.0949. The van der Waals surface area contributed by atoms with Crippen molar-refractivity contribution in [2.45, 2.75) is 25.3 Å². The summed E-state index contributed by atoms with van der Waals surface area (Å²) in [5, 5.41) is 16.6. The second-order valence-corrected chi connectivity index (χ2v) is 8.01. The number of fused-ring (bicyclic) bond motifs is 2. The molecule has 5 nitrogen and oxygen atoms in total. The molecule has 2 aliphatic rings. The first kappa shape index (κ1) is 17.9. The van der Waals surface area contributed by atoms with Gasteiger partial charge in [-0.2, -0.15) is 4.98 Å². The number of rotatable bonds is 6. The van der Waals surface area contributed by atoms with Gasteiger partial charge in [-0.15, -0.1) is 0 Å². The van der Waals surface area contributed by atoms with Gasteiger partial charge < -0.3 is 15.7 Å². The smallest absolute Gasteiger partial charge is 0.254 e. The Hall–Kier alpha value is -2.48. The van der Waals surface area contributed by atoms with Gasteiger partial charge in [0.25, 0.3) is 5.91 Å². The lowest BCUT2D eigenvalue weighted by atomic mass is 10.0. The van der Waals surface area contributed by atoms with Gasteiger partial charge in [0, 0.05) is 19.0 Å². The van der Waals surface area contributed by atoms with E-state index in [2.05, 4.69) is 27.8 Å². The van der Waals surface area contributed by atoms with E-state index in [1.807, 2.05) is 0 Å². The Labute approximate surface area is 159 Å². The number of anilines is 1. The summed E-state index contributed by atoms with van der Waals surface area (Å²) in [5.74, 6) is -1.05. The third-order valence-corrected chi connectivity index (χ3v) is 6.11. The SMILES string of the molecule is O=C(NCCc1sc(NC2CC3C=CC2C3)nc1O)c1cc(F)ccc1F. The summed E-state index contributed by atoms with van der Waals surface area (Å²) in [7, 11) is 0. The molecular weight excluding hydrogens is 372 g/mol. The number of halogens is 2. The van der Waals surface area contributed by atoms with E-state index in [1.165, 1.54) is 17.8 Å². The van der Waals surface area contributed by atoms with Crippen LogP contribution in [0.2, 0.25) is 0 Å². The van der Waals surface area contributed by atoms with Crippen LogP contribution < -0.4 is 10.6 Å². The first-order chi connectivity index (χ1) is 13.0. The molecule has 2 bridgehead atoms. The zero-order valence-corrected chi connectivity index (χ0v) is 15.2. The number of allylic oxidation sites excluding steroid dienone is 1. The topological polar surface area (TPSA) is 74.2 Å². The molecule has 142 valence electrons. The van der Waals surface area contributed by atoms with Crippen LogP contribution in [-0.4, -0.2) is 28.6 Å². The van der Waals surface area contributed by atoms with Crippen molar-refractivity contribution >= 4 is 22.4 Å². The first-order valence-electron chi connectivity index (χ1n) is 8.86. The van der Waals surface area contributed by atoms with Crippen LogP contribution in [0.5, 0.6) is 5.88 Å². The van der Waals surface area contributed by atoms with Gasteiger partial charge >= 0.3 is 0 Å². The highest BCUT2D eigenvalue weighted by atomic mass is 32.1. The summed E-state index contributed by atoms with van der Waals surface area (Å²) < 4.78 is 26.8. The zero-order chi connectivity index (χ0) is 19.0. The number of benzene rings is 1. The molecule has 0 spiro atoms. The van der Waals surface area contributed by atoms with Crippen LogP contribution in [0.25, 0.3) is 0 Å². The van der Waals surface area contributed by atoms with Crippen molar-refractivity contribution in [3.63, 3.8) is 0 Å². The summed E-state index contributed by atoms with van der Waals surface area (Å²) in [4.78, 5) is 16.8. The number of hydrogen-bond donors (Lipinski definition) is 3. The van der Waals surface area contributed by atoms with Crippen LogP contribution in [0, 0.1) is 23.5 Å². The van der Waals surface area contributed by atoms with E-state index >= 15 is 0 Å². The Bertz CT molecular complexity index is 899. The molecule has 3 unspecified atom stereocenters. The van der Waals surface area contributed by atoms with Gasteiger partial charge in [0.15, 0.2) is 5.13 Å². The molecule has 1 heterocycles. The second kappa shape index (κ2) is 7.26. The van der Waals surface area contributed by atoms with Gasteiger partial charge in [-0.1, -0.05) is 23.5 Å². The van der Waals surface area contributed by atoms with Crippen LogP contribution in [0.1, 0.15) is 28.1 Å². The number of aromatic nitrogens is 1. The zero-order valence-electron chi connectivity index (χ0n) is 14.4. The molecule has 8 heteroatoms. The molecule has 1 saturated carbocycles. The summed E-state index contributed by atoms with van der Waals surface area (Å²) in [6.07, 6.45) is 7.10. The van der Waals surface area contributed by atoms with Gasteiger partial charge in [-0.05, 0) is 42.9 Å². The van der Waals surface area contributed by atoms with Crippen molar-refractivity contribution in [2.75, 3.05) is 11.9 Å². The lowest BCUT2D eigenvalue weighted by Gasteiger charge is -2.18. The highest BCUT2D eigenvalue weighted by Crippen LogP contribution is 2.41. The second-order valence-electron chi connectivity index (χ2n) is 6.93. The van der Waals surface area contributed by atoms with Gasteiger partial charge in [0.05, 0.1) is 10.4 Å². The molecule has 0 radical (unpaired) electrons. The maximum Gasteiger partial charge on any atom is 0.254 e. The molecule has 1 aromatic heterocycles. The monoisotopic (exact) mass is 391 g/mol. The fourth-order valence-corrected chi connectivity index (χ4v) is 4.65. The van der Waals surface area contributed by atoms with E-state index in [-0.39, 0.29) is 18.0 Å². The molecule has 2 aliphatic carbocycles. The molecule has 0 aliphatic heterocycles. The van der Waals surface area contributed by atoms with E-state index in [0.717, 1.165) is 24.6 Å². The van der Waals surface area contributed by atoms with Crippen LogP contribution in [0.4, 0.5) is 13.9 Å². The first-order valence-corrected chi connectivity index (χ1v) is 9.68. The van der Waals surface area contributed by atoms with E-state index in [9.17, 15) is 18.7 Å². The van der Waals surface area contributed by atoms with Crippen molar-refractivity contribution in [1.82, 2.24) is 10.3 Å². The Morgan fingerprint density at radius 3 is 2.89 bits per heavy atom. The lowest BCUT2D eigenvalue weighted by Crippen LogP contribution is -2.26. The van der Waals surface area contributed by atoms with Crippen LogP contribution in [0.15, 0.2) is 30.4 Å². The maximum atomic E-state index is 13.6. The van der Waals surface area contributed by atoms with E-state index < -0.39 is 17.5 Å². The van der Waals surface area contributed by atoms with E-state index in [0.29, 0.717) is 34.3 Å². The van der Waals surface area contributed by atoms with Gasteiger partial charge in [-0.25, -0.2) is 8.78 Å². The van der Waals surface area contributed by atoms with Crippen molar-refractivity contribution in [1.29, 1.82) is 0 Å². The minimum Gasteiger partial charge on any atom is -0.492 e. The normalized spacial score (nSPS) is 23.0. The third-order valence-electron chi connectivity index (χ3n) is 5.08. The van der Waals surface area contributed by atoms with Crippen molar-refractivity contribution < 1.29 is 18.7 Å². The number of aromatic hydroxyl groups is 1. The Morgan fingerprint density at radius 2 is 2.15 bits per heavy atom. The number of amides is 1. The Kier molecular flexibility index (Phi) is 4.82. The van der Waals surface area contributed by atoms with Crippen LogP contribution >= 0.6 is 11.3 Å². The highest BCUT2D eigenvalue weighted by molar-refractivity contribution is 7.15. The summed E-state index contributed by atoms with van der Waals surface area (Å²) in [5.41, 5.74) is -0.338. The average Bonchev–Trinajstić information content (AvgIpc) is 3.33. The van der Waals surface area contributed by atoms with Crippen molar-refractivity contribution in [3.05, 3.63) is 52.4 Å². The van der Waals surface area contributed by atoms with Crippen molar-refractivity contribution in [3.8, 4) is 5.88 Å². The van der Waals surface area contributed by atoms with E-state index in [1.54, 1.807) is 0 Å². The Balaban J connectivity index is 1.32. The van der Waals surface area contributed by atoms with E-state index in [4.69, 9.17) is 0 Å². The largest absolute Gasteiger partial charge is 0.492 e. The molecule has 1 fully saturated rings. The minimum absolute atomic E-state index is 0.0626. The van der Waals surface area contributed by atoms with Crippen molar-refractivity contribution in [2.24, 2.45) is 11.8 Å². The maximum absolute atomic E-state index is 13.6. The standard InChI is InChI=1S/C19H19F2N3O2S/c20-12-3-4-14(21)13(9-12)17(25)22-6-5-16-18(26)24-19(27-16)23-15-8-10-1-2-11(15)7-10/h1-4,9-11,15,26H,5-8H2,(H,22,25)(H,23,24). The number of nitrogens with one attached hydrogen (secondary N) is 2. The predicted molar refractivity (Wildman–Crippen MR) is 98.9 cm³/mol. The minimum atomic E-state index is -0.777. The van der Waals surface area contributed by atoms with Gasteiger partial charge in [-0.3, -0.25) is 4.79 Å². The molecule has 0 saturated heterocycles. The summed E-state index contributed by atoms with van der Waals surface area (Å²) >= 11 is 1.35. The molecule has 4 rings (SSSR count).